The highest BCUT2D eigenvalue weighted by atomic mass is 15.0. The summed E-state index contributed by atoms with van der Waals surface area (Å²) in [6.45, 7) is 13.7. The van der Waals surface area contributed by atoms with Gasteiger partial charge >= 0.3 is 0 Å². The van der Waals surface area contributed by atoms with Gasteiger partial charge < -0.3 is 10.6 Å². The number of rotatable bonds is 3. The molecule has 2 heteroatoms. The van der Waals surface area contributed by atoms with Gasteiger partial charge in [0.1, 0.15) is 0 Å². The van der Waals surface area contributed by atoms with Crippen LogP contribution in [-0.4, -0.2) is 26.2 Å². The molecule has 0 aromatic heterocycles. The van der Waals surface area contributed by atoms with Gasteiger partial charge in [-0.1, -0.05) is 34.1 Å². The second kappa shape index (κ2) is 9.47. The third-order valence-electron chi connectivity index (χ3n) is 2.53. The van der Waals surface area contributed by atoms with E-state index in [9.17, 15) is 0 Å². The van der Waals surface area contributed by atoms with E-state index in [0.717, 1.165) is 38.0 Å². The maximum atomic E-state index is 3.22. The summed E-state index contributed by atoms with van der Waals surface area (Å²) in [6, 6.07) is 0. The smallest absolute Gasteiger partial charge is 0.00772 e. The first-order chi connectivity index (χ1) is 6.66. The van der Waals surface area contributed by atoms with Gasteiger partial charge in [-0.15, -0.1) is 0 Å². The lowest BCUT2D eigenvalue weighted by atomic mass is 9.97. The first kappa shape index (κ1) is 13.9. The Labute approximate surface area is 89.9 Å². The molecular formula is C12H28N2. The van der Waals surface area contributed by atoms with E-state index in [2.05, 4.69) is 38.3 Å². The fourth-order valence-corrected chi connectivity index (χ4v) is 1.57. The van der Waals surface area contributed by atoms with Gasteiger partial charge in [-0.3, -0.25) is 0 Å². The normalized spacial score (nSPS) is 18.6. The number of nitrogens with one attached hydrogen (secondary N) is 2. The molecule has 1 unspecified atom stereocenters. The summed E-state index contributed by atoms with van der Waals surface area (Å²) >= 11 is 0. The number of hydrogen-bond acceptors (Lipinski definition) is 2. The molecule has 2 N–H and O–H groups in total. The predicted octanol–water partition coefficient (Wildman–Crippen LogP) is 2.26. The third-order valence-corrected chi connectivity index (χ3v) is 2.53. The van der Waals surface area contributed by atoms with Crippen molar-refractivity contribution >= 4 is 0 Å². The van der Waals surface area contributed by atoms with Crippen molar-refractivity contribution in [1.29, 1.82) is 0 Å². The van der Waals surface area contributed by atoms with Crippen LogP contribution >= 0.6 is 0 Å². The first-order valence-electron chi connectivity index (χ1n) is 6.08. The average molecular weight is 200 g/mol. The van der Waals surface area contributed by atoms with Crippen molar-refractivity contribution in [3.8, 4) is 0 Å². The molecule has 0 bridgehead atoms. The van der Waals surface area contributed by atoms with Crippen LogP contribution in [0.25, 0.3) is 0 Å². The molecule has 1 aliphatic rings. The molecule has 14 heavy (non-hydrogen) atoms. The Kier molecular flexibility index (Phi) is 9.42. The van der Waals surface area contributed by atoms with Crippen LogP contribution in [0.4, 0.5) is 0 Å². The summed E-state index contributed by atoms with van der Waals surface area (Å²) in [4.78, 5) is 0. The second-order valence-corrected chi connectivity index (χ2v) is 4.64. The van der Waals surface area contributed by atoms with Gasteiger partial charge in [0.15, 0.2) is 0 Å². The zero-order valence-electron chi connectivity index (χ0n) is 10.4. The molecule has 1 rings (SSSR count). The van der Waals surface area contributed by atoms with Crippen molar-refractivity contribution < 1.29 is 0 Å². The maximum absolute atomic E-state index is 3.22. The van der Waals surface area contributed by atoms with Gasteiger partial charge in [0.25, 0.3) is 0 Å². The third kappa shape index (κ3) is 10.0. The molecule has 0 aromatic rings. The van der Waals surface area contributed by atoms with E-state index in [4.69, 9.17) is 0 Å². The monoisotopic (exact) mass is 200 g/mol. The summed E-state index contributed by atoms with van der Waals surface area (Å²) in [5.41, 5.74) is 0. The van der Waals surface area contributed by atoms with Crippen molar-refractivity contribution in [2.75, 3.05) is 26.2 Å². The standard InChI is InChI=1S/C8H18.C4H10N2/c1-5-8(4)6-7(2)3;1-2-6-4-3-5-1/h7-8H,5-6H2,1-4H3;5-6H,1-4H2. The van der Waals surface area contributed by atoms with Crippen molar-refractivity contribution in [3.63, 3.8) is 0 Å². The SMILES string of the molecule is C1CNCCN1.CCC(C)CC(C)C. The minimum Gasteiger partial charge on any atom is -0.314 e. The summed E-state index contributed by atoms with van der Waals surface area (Å²) in [6.07, 6.45) is 2.72. The van der Waals surface area contributed by atoms with Crippen LogP contribution in [0, 0.1) is 11.8 Å². The lowest BCUT2D eigenvalue weighted by molar-refractivity contribution is 0.429. The van der Waals surface area contributed by atoms with Gasteiger partial charge in [0, 0.05) is 26.2 Å². The molecule has 0 aromatic carbocycles. The van der Waals surface area contributed by atoms with Crippen LogP contribution in [0.2, 0.25) is 0 Å². The van der Waals surface area contributed by atoms with Gasteiger partial charge in [0.05, 0.1) is 0 Å². The number of piperazine rings is 1. The lowest BCUT2D eigenvalue weighted by Gasteiger charge is -2.11. The Morgan fingerprint density at radius 1 is 0.929 bits per heavy atom. The van der Waals surface area contributed by atoms with Crippen LogP contribution in [-0.2, 0) is 0 Å². The molecule has 0 radical (unpaired) electrons. The second-order valence-electron chi connectivity index (χ2n) is 4.64. The van der Waals surface area contributed by atoms with E-state index in [-0.39, 0.29) is 0 Å². The summed E-state index contributed by atoms with van der Waals surface area (Å²) in [7, 11) is 0. The van der Waals surface area contributed by atoms with Crippen molar-refractivity contribution in [2.45, 2.75) is 40.5 Å². The van der Waals surface area contributed by atoms with Crippen molar-refractivity contribution in [1.82, 2.24) is 10.6 Å². The van der Waals surface area contributed by atoms with E-state index < -0.39 is 0 Å². The zero-order valence-corrected chi connectivity index (χ0v) is 10.4. The quantitative estimate of drug-likeness (QED) is 0.730. The molecule has 0 spiro atoms. The summed E-state index contributed by atoms with van der Waals surface area (Å²) < 4.78 is 0. The molecule has 2 nitrogen and oxygen atoms in total. The first-order valence-corrected chi connectivity index (χ1v) is 6.08. The fraction of sp³-hybridized carbons (Fsp3) is 1.00. The highest BCUT2D eigenvalue weighted by Gasteiger charge is 2.00. The molecule has 86 valence electrons. The minimum absolute atomic E-state index is 0.880. The van der Waals surface area contributed by atoms with Crippen LogP contribution in [0.1, 0.15) is 40.5 Å². The zero-order chi connectivity index (χ0) is 10.8. The van der Waals surface area contributed by atoms with Crippen molar-refractivity contribution in [3.05, 3.63) is 0 Å². The Morgan fingerprint density at radius 2 is 1.36 bits per heavy atom. The largest absolute Gasteiger partial charge is 0.314 e. The molecule has 1 fully saturated rings. The number of hydrogen-bond donors (Lipinski definition) is 2. The molecule has 1 atom stereocenters. The minimum atomic E-state index is 0.880. The van der Waals surface area contributed by atoms with E-state index in [1.807, 2.05) is 0 Å². The topological polar surface area (TPSA) is 24.1 Å². The molecule has 1 saturated heterocycles. The Morgan fingerprint density at radius 3 is 1.50 bits per heavy atom. The molecule has 0 aliphatic carbocycles. The van der Waals surface area contributed by atoms with Crippen LogP contribution in [0.3, 0.4) is 0 Å². The average Bonchev–Trinajstić information content (AvgIpc) is 2.20. The van der Waals surface area contributed by atoms with E-state index in [0.29, 0.717) is 0 Å². The fourth-order valence-electron chi connectivity index (χ4n) is 1.57. The van der Waals surface area contributed by atoms with E-state index in [1.54, 1.807) is 0 Å². The lowest BCUT2D eigenvalue weighted by Crippen LogP contribution is -2.39. The van der Waals surface area contributed by atoms with Gasteiger partial charge in [-0.25, -0.2) is 0 Å². The van der Waals surface area contributed by atoms with Gasteiger partial charge in [0.2, 0.25) is 0 Å². The van der Waals surface area contributed by atoms with Gasteiger partial charge in [-0.2, -0.15) is 0 Å². The highest BCUT2D eigenvalue weighted by molar-refractivity contribution is 4.59. The summed E-state index contributed by atoms with van der Waals surface area (Å²) in [5, 5.41) is 6.44. The Bertz CT molecular complexity index is 97.4. The predicted molar refractivity (Wildman–Crippen MR) is 64.6 cm³/mol. The molecule has 0 amide bonds. The molecule has 0 saturated carbocycles. The van der Waals surface area contributed by atoms with E-state index in [1.165, 1.54) is 12.8 Å². The summed E-state index contributed by atoms with van der Waals surface area (Å²) in [5.74, 6) is 1.81. The van der Waals surface area contributed by atoms with Crippen molar-refractivity contribution in [2.24, 2.45) is 11.8 Å². The molecule has 1 heterocycles. The van der Waals surface area contributed by atoms with Crippen LogP contribution < -0.4 is 10.6 Å². The molecular weight excluding hydrogens is 172 g/mol. The maximum Gasteiger partial charge on any atom is 0.00772 e. The molecule has 1 aliphatic heterocycles. The Balaban J connectivity index is 0.000000249. The van der Waals surface area contributed by atoms with Crippen LogP contribution in [0.15, 0.2) is 0 Å². The van der Waals surface area contributed by atoms with E-state index >= 15 is 0 Å². The highest BCUT2D eigenvalue weighted by Crippen LogP contribution is 2.12. The van der Waals surface area contributed by atoms with Crippen LogP contribution in [0.5, 0.6) is 0 Å². The van der Waals surface area contributed by atoms with Gasteiger partial charge in [-0.05, 0) is 18.3 Å². The Hall–Kier alpha value is -0.0800.